The predicted octanol–water partition coefficient (Wildman–Crippen LogP) is 6.42. The SMILES string of the molecule is CCI(C(=O)OC(C)(C)C)c1cn2nc(Oc3ccc(C)c(NC(=O)c4cccc(O)c4)c3)ccc2n1. The molecule has 2 N–H and O–H groups in total. The standard InChI is InChI=1S/C27H29IN4O5/c1-6-28(26(35)37-27(3,4)5)22-16-32-23(30-22)12-13-24(31-32)36-20-11-10-17(2)21(15-20)29-25(34)18-8-7-9-19(33)14-18/h7-16,33H,6H2,1-5H3,(H,29,34). The van der Waals surface area contributed by atoms with Crippen LogP contribution in [0.4, 0.5) is 10.5 Å². The number of hydrogen-bond donors (Lipinski definition) is 2. The second-order valence-electron chi connectivity index (χ2n) is 9.20. The molecule has 0 saturated carbocycles. The molecule has 37 heavy (non-hydrogen) atoms. The van der Waals surface area contributed by atoms with Gasteiger partial charge in [0.25, 0.3) is 0 Å². The molecule has 1 amide bonds. The van der Waals surface area contributed by atoms with Gasteiger partial charge in [-0.15, -0.1) is 0 Å². The summed E-state index contributed by atoms with van der Waals surface area (Å²) >= 11 is -2.32. The zero-order valence-corrected chi connectivity index (χ0v) is 23.4. The summed E-state index contributed by atoms with van der Waals surface area (Å²) in [6.07, 6.45) is 1.77. The Morgan fingerprint density at radius 2 is 1.89 bits per heavy atom. The number of benzene rings is 2. The van der Waals surface area contributed by atoms with E-state index in [-0.39, 0.29) is 15.6 Å². The summed E-state index contributed by atoms with van der Waals surface area (Å²) in [5.41, 5.74) is 1.84. The number of halogens is 1. The van der Waals surface area contributed by atoms with Gasteiger partial charge in [-0.05, 0) is 18.2 Å². The number of ether oxygens (including phenoxy) is 2. The van der Waals surface area contributed by atoms with Gasteiger partial charge in [0.15, 0.2) is 0 Å². The molecule has 0 aliphatic rings. The number of imidazole rings is 1. The summed E-state index contributed by atoms with van der Waals surface area (Å²) < 4.78 is 14.5. The zero-order chi connectivity index (χ0) is 26.7. The van der Waals surface area contributed by atoms with Crippen LogP contribution in [0.1, 0.15) is 43.6 Å². The van der Waals surface area contributed by atoms with Gasteiger partial charge in [-0.25, -0.2) is 0 Å². The zero-order valence-electron chi connectivity index (χ0n) is 21.3. The number of carbonyl (C=O) groups is 2. The van der Waals surface area contributed by atoms with Gasteiger partial charge in [0.1, 0.15) is 5.75 Å². The second-order valence-corrected chi connectivity index (χ2v) is 14.8. The molecule has 194 valence electrons. The van der Waals surface area contributed by atoms with E-state index in [1.165, 1.54) is 12.1 Å². The number of phenolic OH excluding ortho intramolecular Hbond substituents is 1. The van der Waals surface area contributed by atoms with Crippen LogP contribution >= 0.6 is 19.8 Å². The molecule has 4 aromatic rings. The fourth-order valence-corrected chi connectivity index (χ4v) is 7.29. The minimum absolute atomic E-state index is 0.0185. The minimum atomic E-state index is -2.32. The van der Waals surface area contributed by atoms with Crippen LogP contribution in [0.2, 0.25) is 0 Å². The quantitative estimate of drug-likeness (QED) is 0.140. The van der Waals surface area contributed by atoms with Gasteiger partial charge in [0.05, 0.1) is 0 Å². The number of fused-ring (bicyclic) bond motifs is 1. The van der Waals surface area contributed by atoms with Gasteiger partial charge in [0.2, 0.25) is 0 Å². The molecule has 2 aromatic heterocycles. The van der Waals surface area contributed by atoms with E-state index in [4.69, 9.17) is 9.47 Å². The Hall–Kier alpha value is -3.67. The first-order chi connectivity index (χ1) is 17.5. The summed E-state index contributed by atoms with van der Waals surface area (Å²) in [5.74, 6) is 0.492. The van der Waals surface area contributed by atoms with Crippen molar-refractivity contribution in [3.8, 4) is 17.4 Å². The van der Waals surface area contributed by atoms with E-state index in [2.05, 4.69) is 15.4 Å². The first kappa shape index (κ1) is 26.4. The monoisotopic (exact) mass is 616 g/mol. The molecular weight excluding hydrogens is 587 g/mol. The number of amides is 1. The van der Waals surface area contributed by atoms with Crippen molar-refractivity contribution in [2.45, 2.75) is 40.2 Å². The van der Waals surface area contributed by atoms with Crippen molar-refractivity contribution < 1.29 is 24.2 Å². The third-order valence-electron chi connectivity index (χ3n) is 5.13. The van der Waals surface area contributed by atoms with Crippen LogP contribution in [0.5, 0.6) is 17.4 Å². The van der Waals surface area contributed by atoms with Crippen molar-refractivity contribution in [3.05, 3.63) is 75.6 Å². The van der Waals surface area contributed by atoms with E-state index in [0.717, 1.165) is 9.26 Å². The summed E-state index contributed by atoms with van der Waals surface area (Å²) in [6, 6.07) is 15.0. The Kier molecular flexibility index (Phi) is 7.67. The first-order valence-corrected chi connectivity index (χ1v) is 15.3. The number of alkyl halides is 1. The Morgan fingerprint density at radius 3 is 2.59 bits per heavy atom. The van der Waals surface area contributed by atoms with Crippen LogP contribution in [0, 0.1) is 10.6 Å². The number of rotatable bonds is 7. The van der Waals surface area contributed by atoms with E-state index in [1.807, 2.05) is 40.7 Å². The summed E-state index contributed by atoms with van der Waals surface area (Å²) in [5, 5.41) is 17.0. The van der Waals surface area contributed by atoms with Gasteiger partial charge in [-0.3, -0.25) is 0 Å². The molecule has 0 atom stereocenters. The number of phenols is 1. The molecule has 0 unspecified atom stereocenters. The number of aryl methyl sites for hydroxylation is 1. The Bertz CT molecular complexity index is 1460. The molecule has 0 saturated heterocycles. The van der Waals surface area contributed by atoms with Crippen molar-refractivity contribution >= 4 is 41.0 Å². The van der Waals surface area contributed by atoms with E-state index in [9.17, 15) is 14.7 Å². The van der Waals surface area contributed by atoms with Crippen LogP contribution in [0.3, 0.4) is 0 Å². The number of anilines is 1. The van der Waals surface area contributed by atoms with Gasteiger partial charge in [0, 0.05) is 0 Å². The fourth-order valence-electron chi connectivity index (χ4n) is 3.37. The van der Waals surface area contributed by atoms with E-state index >= 15 is 0 Å². The molecule has 0 aliphatic carbocycles. The van der Waals surface area contributed by atoms with Crippen LogP contribution in [0.15, 0.2) is 60.8 Å². The Balaban J connectivity index is 1.53. The third kappa shape index (κ3) is 6.56. The Morgan fingerprint density at radius 1 is 1.11 bits per heavy atom. The summed E-state index contributed by atoms with van der Waals surface area (Å²) in [7, 11) is 0. The van der Waals surface area contributed by atoms with Crippen molar-refractivity contribution in [1.29, 1.82) is 0 Å². The number of aromatic nitrogens is 3. The van der Waals surface area contributed by atoms with Gasteiger partial charge in [-0.2, -0.15) is 0 Å². The van der Waals surface area contributed by atoms with Crippen molar-refractivity contribution in [2.24, 2.45) is 0 Å². The van der Waals surface area contributed by atoms with Crippen LogP contribution < -0.4 is 10.1 Å². The predicted molar refractivity (Wildman–Crippen MR) is 150 cm³/mol. The number of carbonyl (C=O) groups excluding carboxylic acids is 2. The van der Waals surface area contributed by atoms with Crippen molar-refractivity contribution in [3.63, 3.8) is 0 Å². The van der Waals surface area contributed by atoms with Crippen LogP contribution in [-0.4, -0.2) is 39.6 Å². The van der Waals surface area contributed by atoms with E-state index < -0.39 is 25.4 Å². The number of aromatic hydroxyl groups is 1. The molecular formula is C27H29IN4O5. The van der Waals surface area contributed by atoms with Crippen LogP contribution in [-0.2, 0) is 4.74 Å². The molecule has 0 spiro atoms. The average Bonchev–Trinajstić information content (AvgIpc) is 3.23. The fraction of sp³-hybridized carbons (Fsp3) is 0.259. The molecule has 10 heteroatoms. The van der Waals surface area contributed by atoms with E-state index in [0.29, 0.717) is 33.0 Å². The van der Waals surface area contributed by atoms with Crippen LogP contribution in [0.25, 0.3) is 5.65 Å². The Labute approximate surface area is 222 Å². The number of nitrogens with zero attached hydrogens (tertiary/aromatic N) is 3. The molecule has 0 aliphatic heterocycles. The average molecular weight is 616 g/mol. The number of hydrogen-bond acceptors (Lipinski definition) is 7. The van der Waals surface area contributed by atoms with Gasteiger partial charge in [-0.1, -0.05) is 6.07 Å². The molecule has 0 bridgehead atoms. The molecule has 4 rings (SSSR count). The van der Waals surface area contributed by atoms with Gasteiger partial charge >= 0.3 is 188 Å². The molecule has 2 aromatic carbocycles. The normalized spacial score (nSPS) is 11.8. The van der Waals surface area contributed by atoms with Crippen molar-refractivity contribution in [1.82, 2.24) is 14.6 Å². The summed E-state index contributed by atoms with van der Waals surface area (Å²) in [4.78, 5) is 30.0. The molecule has 0 radical (unpaired) electrons. The maximum atomic E-state index is 12.7. The number of nitrogens with one attached hydrogen (secondary N) is 1. The second kappa shape index (κ2) is 10.8. The maximum absolute atomic E-state index is 12.7. The molecule has 0 fully saturated rings. The van der Waals surface area contributed by atoms with Crippen molar-refractivity contribution in [2.75, 3.05) is 9.74 Å². The van der Waals surface area contributed by atoms with Gasteiger partial charge < -0.3 is 5.11 Å². The molecule has 9 nitrogen and oxygen atoms in total. The topological polar surface area (TPSA) is 115 Å². The first-order valence-electron chi connectivity index (χ1n) is 11.7. The summed E-state index contributed by atoms with van der Waals surface area (Å²) in [6.45, 7) is 9.43. The van der Waals surface area contributed by atoms with E-state index in [1.54, 1.807) is 47.1 Å². The third-order valence-corrected chi connectivity index (χ3v) is 9.79. The molecule has 2 heterocycles.